The highest BCUT2D eigenvalue weighted by Crippen LogP contribution is 2.21. The molecule has 1 saturated heterocycles. The number of carbonyl (C=O) groups is 1. The minimum Gasteiger partial charge on any atom is -0.490 e. The molecule has 2 heterocycles. The van der Waals surface area contributed by atoms with E-state index in [2.05, 4.69) is 10.4 Å². The minimum atomic E-state index is -0.342. The predicted molar refractivity (Wildman–Crippen MR) is 98.9 cm³/mol. The normalized spacial score (nSPS) is 16.2. The predicted octanol–water partition coefficient (Wildman–Crippen LogP) is 2.17. The van der Waals surface area contributed by atoms with Gasteiger partial charge in [-0.25, -0.2) is 0 Å². The fourth-order valence-electron chi connectivity index (χ4n) is 3.09. The number of nitrogens with one attached hydrogen (secondary N) is 1. The first-order valence-electron chi connectivity index (χ1n) is 8.33. The Kier molecular flexibility index (Phi) is 6.84. The number of benzene rings is 1. The number of nitrogens with zero attached hydrogens (tertiary/aromatic N) is 3. The molecule has 1 fully saturated rings. The third-order valence-electron chi connectivity index (χ3n) is 4.39. The van der Waals surface area contributed by atoms with Crippen molar-refractivity contribution >= 4 is 18.3 Å². The van der Waals surface area contributed by atoms with E-state index < -0.39 is 0 Å². The molecular formula is C18H25ClN4O2. The average Bonchev–Trinajstić information content (AvgIpc) is 3.03. The zero-order valence-corrected chi connectivity index (χ0v) is 15.4. The van der Waals surface area contributed by atoms with Crippen molar-refractivity contribution in [2.24, 2.45) is 7.05 Å². The number of hydrogen-bond donors (Lipinski definition) is 1. The van der Waals surface area contributed by atoms with E-state index in [0.717, 1.165) is 37.2 Å². The molecule has 0 radical (unpaired) electrons. The summed E-state index contributed by atoms with van der Waals surface area (Å²) in [5.41, 5.74) is 0.896. The summed E-state index contributed by atoms with van der Waals surface area (Å²) >= 11 is 0. The Morgan fingerprint density at radius 2 is 1.96 bits per heavy atom. The summed E-state index contributed by atoms with van der Waals surface area (Å²) in [5, 5.41) is 7.26. The number of likely N-dealkylation sites (N-methyl/N-ethyl adjacent to an activating group) is 1. The monoisotopic (exact) mass is 364 g/mol. The fourth-order valence-corrected chi connectivity index (χ4v) is 3.09. The maximum absolute atomic E-state index is 12.8. The van der Waals surface area contributed by atoms with Crippen LogP contribution in [0.15, 0.2) is 42.7 Å². The lowest BCUT2D eigenvalue weighted by atomic mass is 10.0. The molecule has 1 aliphatic rings. The zero-order chi connectivity index (χ0) is 16.9. The van der Waals surface area contributed by atoms with E-state index >= 15 is 0 Å². The standard InChI is InChI=1S/C18H24N4O2.ClH/c1-19-17(14-12-20-21(2)13-14)18(23)22-10-8-16(9-11-22)24-15-6-4-3-5-7-15;/h3-7,12-13,16-17,19H,8-11H2,1-2H3;1H. The number of hydrogen-bond acceptors (Lipinski definition) is 4. The first kappa shape index (κ1) is 19.3. The molecule has 1 aromatic heterocycles. The molecule has 1 amide bonds. The minimum absolute atomic E-state index is 0. The van der Waals surface area contributed by atoms with Gasteiger partial charge in [0, 0.05) is 44.7 Å². The molecule has 0 saturated carbocycles. The molecule has 7 heteroatoms. The summed E-state index contributed by atoms with van der Waals surface area (Å²) in [6.45, 7) is 1.43. The highest BCUT2D eigenvalue weighted by molar-refractivity contribution is 5.85. The lowest BCUT2D eigenvalue weighted by Gasteiger charge is -2.34. The second kappa shape index (κ2) is 8.87. The van der Waals surface area contributed by atoms with Crippen LogP contribution in [0.4, 0.5) is 0 Å². The van der Waals surface area contributed by atoms with Crippen molar-refractivity contribution in [1.82, 2.24) is 20.0 Å². The van der Waals surface area contributed by atoms with Gasteiger partial charge in [-0.05, 0) is 19.2 Å². The number of halogens is 1. The molecule has 1 N–H and O–H groups in total. The first-order valence-corrected chi connectivity index (χ1v) is 8.33. The Hall–Kier alpha value is -2.05. The number of aromatic nitrogens is 2. The van der Waals surface area contributed by atoms with E-state index in [1.54, 1.807) is 17.9 Å². The van der Waals surface area contributed by atoms with Gasteiger partial charge in [0.15, 0.2) is 0 Å². The van der Waals surface area contributed by atoms with Gasteiger partial charge < -0.3 is 15.0 Å². The summed E-state index contributed by atoms with van der Waals surface area (Å²) in [7, 11) is 3.66. The van der Waals surface area contributed by atoms with Gasteiger partial charge in [0.2, 0.25) is 5.91 Å². The first-order chi connectivity index (χ1) is 11.7. The van der Waals surface area contributed by atoms with Gasteiger partial charge in [0.25, 0.3) is 0 Å². The van der Waals surface area contributed by atoms with E-state index in [-0.39, 0.29) is 30.5 Å². The molecule has 1 aliphatic heterocycles. The molecule has 25 heavy (non-hydrogen) atoms. The van der Waals surface area contributed by atoms with Crippen LogP contribution in [-0.2, 0) is 11.8 Å². The highest BCUT2D eigenvalue weighted by Gasteiger charge is 2.29. The van der Waals surface area contributed by atoms with Gasteiger partial charge in [-0.2, -0.15) is 5.10 Å². The number of piperidine rings is 1. The van der Waals surface area contributed by atoms with Crippen molar-refractivity contribution in [3.63, 3.8) is 0 Å². The van der Waals surface area contributed by atoms with Crippen LogP contribution < -0.4 is 10.1 Å². The molecule has 136 valence electrons. The number of para-hydroxylation sites is 1. The van der Waals surface area contributed by atoms with Crippen LogP contribution in [0.3, 0.4) is 0 Å². The third kappa shape index (κ3) is 4.74. The smallest absolute Gasteiger partial charge is 0.244 e. The van der Waals surface area contributed by atoms with E-state index in [1.807, 2.05) is 48.5 Å². The Balaban J connectivity index is 0.00000225. The van der Waals surface area contributed by atoms with E-state index in [9.17, 15) is 4.79 Å². The number of likely N-dealkylation sites (tertiary alicyclic amines) is 1. The molecular weight excluding hydrogens is 340 g/mol. The fraction of sp³-hybridized carbons (Fsp3) is 0.444. The molecule has 0 spiro atoms. The molecule has 0 bridgehead atoms. The van der Waals surface area contributed by atoms with Crippen LogP contribution in [0.25, 0.3) is 0 Å². The largest absolute Gasteiger partial charge is 0.490 e. The van der Waals surface area contributed by atoms with Gasteiger partial charge in [-0.3, -0.25) is 9.48 Å². The Labute approximate surface area is 154 Å². The van der Waals surface area contributed by atoms with E-state index in [1.165, 1.54) is 0 Å². The Morgan fingerprint density at radius 1 is 1.28 bits per heavy atom. The summed E-state index contributed by atoms with van der Waals surface area (Å²) in [6, 6.07) is 9.52. The molecule has 2 aromatic rings. The van der Waals surface area contributed by atoms with Gasteiger partial charge in [0.05, 0.1) is 6.20 Å². The number of ether oxygens (including phenoxy) is 1. The van der Waals surface area contributed by atoms with E-state index in [4.69, 9.17) is 4.74 Å². The Morgan fingerprint density at radius 3 is 2.52 bits per heavy atom. The van der Waals surface area contributed by atoms with Gasteiger partial charge in [-0.1, -0.05) is 18.2 Å². The van der Waals surface area contributed by atoms with Crippen LogP contribution in [0.5, 0.6) is 5.75 Å². The highest BCUT2D eigenvalue weighted by atomic mass is 35.5. The van der Waals surface area contributed by atoms with Crippen LogP contribution >= 0.6 is 12.4 Å². The molecule has 1 aromatic carbocycles. The van der Waals surface area contributed by atoms with Crippen LogP contribution in [0.1, 0.15) is 24.4 Å². The Bertz CT molecular complexity index is 669. The number of carbonyl (C=O) groups excluding carboxylic acids is 1. The second-order valence-electron chi connectivity index (χ2n) is 6.12. The van der Waals surface area contributed by atoms with E-state index in [0.29, 0.717) is 0 Å². The molecule has 6 nitrogen and oxygen atoms in total. The summed E-state index contributed by atoms with van der Waals surface area (Å²) in [4.78, 5) is 14.7. The average molecular weight is 365 g/mol. The van der Waals surface area contributed by atoms with Crippen molar-refractivity contribution in [2.75, 3.05) is 20.1 Å². The molecule has 0 aliphatic carbocycles. The molecule has 1 unspecified atom stereocenters. The summed E-state index contributed by atoms with van der Waals surface area (Å²) in [5.74, 6) is 0.995. The van der Waals surface area contributed by atoms with Crippen molar-refractivity contribution in [1.29, 1.82) is 0 Å². The molecule has 1 atom stereocenters. The van der Waals surface area contributed by atoms with Crippen molar-refractivity contribution in [3.05, 3.63) is 48.3 Å². The summed E-state index contributed by atoms with van der Waals surface area (Å²) < 4.78 is 7.71. The van der Waals surface area contributed by atoms with Crippen molar-refractivity contribution in [2.45, 2.75) is 25.0 Å². The maximum Gasteiger partial charge on any atom is 0.244 e. The number of aryl methyl sites for hydroxylation is 1. The SMILES string of the molecule is CNC(C(=O)N1CCC(Oc2ccccc2)CC1)c1cnn(C)c1.Cl. The van der Waals surface area contributed by atoms with Crippen LogP contribution in [-0.4, -0.2) is 46.8 Å². The lowest BCUT2D eigenvalue weighted by molar-refractivity contribution is -0.135. The second-order valence-corrected chi connectivity index (χ2v) is 6.12. The lowest BCUT2D eigenvalue weighted by Crippen LogP contribution is -2.46. The van der Waals surface area contributed by atoms with Crippen molar-refractivity contribution < 1.29 is 9.53 Å². The third-order valence-corrected chi connectivity index (χ3v) is 4.39. The van der Waals surface area contributed by atoms with Crippen LogP contribution in [0.2, 0.25) is 0 Å². The summed E-state index contributed by atoms with van der Waals surface area (Å²) in [6.07, 6.45) is 5.49. The van der Waals surface area contributed by atoms with Gasteiger partial charge in [-0.15, -0.1) is 12.4 Å². The van der Waals surface area contributed by atoms with Gasteiger partial charge >= 0.3 is 0 Å². The van der Waals surface area contributed by atoms with Crippen molar-refractivity contribution in [3.8, 4) is 5.75 Å². The zero-order valence-electron chi connectivity index (χ0n) is 14.6. The quantitative estimate of drug-likeness (QED) is 0.883. The molecule has 3 rings (SSSR count). The van der Waals surface area contributed by atoms with Gasteiger partial charge in [0.1, 0.15) is 17.9 Å². The maximum atomic E-state index is 12.8. The topological polar surface area (TPSA) is 59.4 Å². The number of rotatable bonds is 5. The van der Waals surface area contributed by atoms with Crippen LogP contribution in [0, 0.1) is 0 Å². The number of amides is 1.